The first-order chi connectivity index (χ1) is 14.6. The van der Waals surface area contributed by atoms with E-state index in [-0.39, 0.29) is 16.4 Å². The molecule has 1 N–H and O–H groups in total. The Labute approximate surface area is 180 Å². The van der Waals surface area contributed by atoms with Crippen molar-refractivity contribution in [2.24, 2.45) is 5.16 Å². The van der Waals surface area contributed by atoms with E-state index in [1.807, 2.05) is 6.07 Å². The summed E-state index contributed by atoms with van der Waals surface area (Å²) in [6.07, 6.45) is -3.24. The van der Waals surface area contributed by atoms with Crippen LogP contribution in [0.5, 0.6) is 5.75 Å². The molecule has 0 aliphatic carbocycles. The molecule has 7 nitrogen and oxygen atoms in total. The van der Waals surface area contributed by atoms with E-state index in [0.29, 0.717) is 11.6 Å². The van der Waals surface area contributed by atoms with Crippen molar-refractivity contribution in [1.82, 2.24) is 20.1 Å². The Balaban J connectivity index is 1.69. The Morgan fingerprint density at radius 3 is 2.61 bits per heavy atom. The summed E-state index contributed by atoms with van der Waals surface area (Å²) in [5.74, 6) is 0.420. The van der Waals surface area contributed by atoms with Gasteiger partial charge in [-0.3, -0.25) is 4.79 Å². The van der Waals surface area contributed by atoms with Gasteiger partial charge in [0.1, 0.15) is 6.33 Å². The molecule has 1 unspecified atom stereocenters. The average molecular weight is 452 g/mol. The van der Waals surface area contributed by atoms with E-state index in [1.165, 1.54) is 11.0 Å². The molecule has 0 saturated heterocycles. The first-order valence-corrected chi connectivity index (χ1v) is 9.38. The molecule has 1 amide bonds. The standard InChI is InChI=1S/C20H17ClF3N5O2/c1-12(26-19(30)14-8-15(20(22,23)24)10-16(21)9-14)18-25-11-29(27-18)13(2)28-31-17-6-4-3-5-7-17/h3-12H,1-2H3,(H,26,30). The molecule has 0 saturated carbocycles. The second kappa shape index (κ2) is 9.17. The summed E-state index contributed by atoms with van der Waals surface area (Å²) >= 11 is 5.73. The van der Waals surface area contributed by atoms with Crippen LogP contribution in [0.1, 0.15) is 41.6 Å². The lowest BCUT2D eigenvalue weighted by atomic mass is 10.1. The maximum Gasteiger partial charge on any atom is 0.416 e. The van der Waals surface area contributed by atoms with Gasteiger partial charge in [-0.25, -0.2) is 9.67 Å². The molecule has 0 aliphatic rings. The topological polar surface area (TPSA) is 81.4 Å². The molecule has 0 spiro atoms. The molecule has 3 rings (SSSR count). The van der Waals surface area contributed by atoms with E-state index in [9.17, 15) is 18.0 Å². The number of carbonyl (C=O) groups is 1. The lowest BCUT2D eigenvalue weighted by Crippen LogP contribution is -2.28. The van der Waals surface area contributed by atoms with Gasteiger partial charge in [-0.1, -0.05) is 35.0 Å². The van der Waals surface area contributed by atoms with E-state index in [1.54, 1.807) is 38.1 Å². The SMILES string of the molecule is CC(=NOc1ccccc1)n1cnc(C(C)NC(=O)c2cc(Cl)cc(C(F)(F)F)c2)n1. The number of oxime groups is 1. The predicted octanol–water partition coefficient (Wildman–Crippen LogP) is 4.70. The number of hydrogen-bond donors (Lipinski definition) is 1. The van der Waals surface area contributed by atoms with Gasteiger partial charge in [0.15, 0.2) is 17.4 Å². The predicted molar refractivity (Wildman–Crippen MR) is 108 cm³/mol. The van der Waals surface area contributed by atoms with Crippen molar-refractivity contribution < 1.29 is 22.8 Å². The van der Waals surface area contributed by atoms with Crippen LogP contribution in [0.4, 0.5) is 13.2 Å². The molecule has 3 aromatic rings. The van der Waals surface area contributed by atoms with Crippen LogP contribution in [-0.2, 0) is 6.18 Å². The van der Waals surface area contributed by atoms with Gasteiger partial charge in [0.25, 0.3) is 5.91 Å². The van der Waals surface area contributed by atoms with Crippen LogP contribution >= 0.6 is 11.6 Å². The Hall–Kier alpha value is -3.40. The summed E-state index contributed by atoms with van der Waals surface area (Å²) in [6, 6.07) is 10.9. The van der Waals surface area contributed by atoms with Crippen LogP contribution in [0.15, 0.2) is 60.0 Å². The van der Waals surface area contributed by atoms with Crippen molar-refractivity contribution in [2.75, 3.05) is 0 Å². The van der Waals surface area contributed by atoms with Crippen LogP contribution < -0.4 is 10.2 Å². The molecule has 31 heavy (non-hydrogen) atoms. The molecule has 0 fully saturated rings. The first kappa shape index (κ1) is 22.3. The number of benzene rings is 2. The molecule has 1 aromatic heterocycles. The summed E-state index contributed by atoms with van der Waals surface area (Å²) in [5.41, 5.74) is -1.23. The normalized spacial score (nSPS) is 13.0. The Bertz CT molecular complexity index is 1100. The van der Waals surface area contributed by atoms with Crippen LogP contribution in [0.2, 0.25) is 5.02 Å². The van der Waals surface area contributed by atoms with Crippen molar-refractivity contribution in [3.8, 4) is 5.75 Å². The third-order valence-electron chi connectivity index (χ3n) is 4.09. The largest absolute Gasteiger partial charge is 0.416 e. The van der Waals surface area contributed by atoms with Gasteiger partial charge in [-0.15, -0.1) is 5.10 Å². The van der Waals surface area contributed by atoms with E-state index < -0.39 is 23.7 Å². The monoisotopic (exact) mass is 451 g/mol. The van der Waals surface area contributed by atoms with Gasteiger partial charge >= 0.3 is 6.18 Å². The van der Waals surface area contributed by atoms with Gasteiger partial charge < -0.3 is 10.2 Å². The molecule has 2 aromatic carbocycles. The maximum atomic E-state index is 13.0. The highest BCUT2D eigenvalue weighted by Crippen LogP contribution is 2.32. The molecule has 11 heteroatoms. The Morgan fingerprint density at radius 2 is 1.94 bits per heavy atom. The van der Waals surface area contributed by atoms with E-state index in [2.05, 4.69) is 20.6 Å². The van der Waals surface area contributed by atoms with Crippen molar-refractivity contribution >= 4 is 23.3 Å². The minimum atomic E-state index is -4.62. The van der Waals surface area contributed by atoms with Crippen LogP contribution in [-0.4, -0.2) is 26.5 Å². The highest BCUT2D eigenvalue weighted by Gasteiger charge is 2.32. The minimum absolute atomic E-state index is 0.194. The summed E-state index contributed by atoms with van der Waals surface area (Å²) in [6.45, 7) is 3.25. The molecule has 0 radical (unpaired) electrons. The van der Waals surface area contributed by atoms with Gasteiger partial charge in [0.2, 0.25) is 0 Å². The third kappa shape index (κ3) is 5.82. The van der Waals surface area contributed by atoms with E-state index in [0.717, 1.165) is 18.2 Å². The fourth-order valence-electron chi connectivity index (χ4n) is 2.50. The lowest BCUT2D eigenvalue weighted by Gasteiger charge is -2.13. The number of rotatable bonds is 5. The van der Waals surface area contributed by atoms with E-state index >= 15 is 0 Å². The summed E-state index contributed by atoms with van der Waals surface area (Å²) in [5, 5.41) is 10.5. The molecule has 0 aliphatic heterocycles. The number of amides is 1. The molecule has 1 heterocycles. The van der Waals surface area contributed by atoms with Crippen molar-refractivity contribution in [1.29, 1.82) is 0 Å². The van der Waals surface area contributed by atoms with Crippen molar-refractivity contribution in [3.05, 3.63) is 76.8 Å². The van der Waals surface area contributed by atoms with Gasteiger partial charge in [0, 0.05) is 10.6 Å². The number of hydrogen-bond acceptors (Lipinski definition) is 5. The summed E-state index contributed by atoms with van der Waals surface area (Å²) in [7, 11) is 0. The smallest absolute Gasteiger partial charge is 0.355 e. The molecule has 162 valence electrons. The van der Waals surface area contributed by atoms with Gasteiger partial charge in [-0.05, 0) is 44.2 Å². The lowest BCUT2D eigenvalue weighted by molar-refractivity contribution is -0.137. The van der Waals surface area contributed by atoms with Crippen molar-refractivity contribution in [2.45, 2.75) is 26.1 Å². The molecular weight excluding hydrogens is 435 g/mol. The number of aromatic nitrogens is 3. The van der Waals surface area contributed by atoms with Crippen LogP contribution in [0, 0.1) is 0 Å². The zero-order valence-corrected chi connectivity index (χ0v) is 17.1. The number of carbonyl (C=O) groups excluding carboxylic acids is 1. The zero-order chi connectivity index (χ0) is 22.6. The summed E-state index contributed by atoms with van der Waals surface area (Å²) in [4.78, 5) is 21.8. The second-order valence-corrected chi connectivity index (χ2v) is 6.95. The van der Waals surface area contributed by atoms with Crippen molar-refractivity contribution in [3.63, 3.8) is 0 Å². The minimum Gasteiger partial charge on any atom is -0.355 e. The second-order valence-electron chi connectivity index (χ2n) is 6.51. The van der Waals surface area contributed by atoms with Crippen LogP contribution in [0.3, 0.4) is 0 Å². The average Bonchev–Trinajstić information content (AvgIpc) is 3.22. The number of alkyl halides is 3. The number of para-hydroxylation sites is 1. The fourth-order valence-corrected chi connectivity index (χ4v) is 2.74. The number of nitrogens with zero attached hydrogens (tertiary/aromatic N) is 4. The highest BCUT2D eigenvalue weighted by atomic mass is 35.5. The van der Waals surface area contributed by atoms with Gasteiger partial charge in [-0.2, -0.15) is 13.2 Å². The molecular formula is C20H17ClF3N5O2. The molecule has 1 atom stereocenters. The Kier molecular flexibility index (Phi) is 6.59. The highest BCUT2D eigenvalue weighted by molar-refractivity contribution is 6.31. The number of nitrogens with one attached hydrogen (secondary N) is 1. The third-order valence-corrected chi connectivity index (χ3v) is 4.31. The van der Waals surface area contributed by atoms with Crippen LogP contribution in [0.25, 0.3) is 0 Å². The zero-order valence-electron chi connectivity index (χ0n) is 16.4. The quantitative estimate of drug-likeness (QED) is 0.346. The molecule has 0 bridgehead atoms. The fraction of sp³-hybridized carbons (Fsp3) is 0.200. The first-order valence-electron chi connectivity index (χ1n) is 9.01. The number of halogens is 4. The maximum absolute atomic E-state index is 13.0. The van der Waals surface area contributed by atoms with E-state index in [4.69, 9.17) is 16.4 Å². The van der Waals surface area contributed by atoms with Gasteiger partial charge in [0.05, 0.1) is 11.6 Å². The Morgan fingerprint density at radius 1 is 1.23 bits per heavy atom. The summed E-state index contributed by atoms with van der Waals surface area (Å²) < 4.78 is 40.2.